The van der Waals surface area contributed by atoms with Gasteiger partial charge in [0, 0.05) is 44.7 Å². The van der Waals surface area contributed by atoms with E-state index < -0.39 is 0 Å². The fourth-order valence-electron chi connectivity index (χ4n) is 3.28. The Balaban J connectivity index is 0.00000392. The van der Waals surface area contributed by atoms with Crippen molar-refractivity contribution in [1.82, 2.24) is 10.6 Å². The van der Waals surface area contributed by atoms with E-state index in [0.29, 0.717) is 17.8 Å². The van der Waals surface area contributed by atoms with Crippen LogP contribution in [0.2, 0.25) is 0 Å². The number of halogens is 1. The number of hydrogen-bond acceptors (Lipinski definition) is 3. The van der Waals surface area contributed by atoms with Crippen LogP contribution >= 0.6 is 24.0 Å². The standard InChI is InChI=1S/C22H37N3O2.HI/c1-4-23-22(24-12-8-13-26-16-19-11-14-27-17-19)25-15-21(18(2)3)20-9-6-5-7-10-20;/h5-7,9-10,18-19,21H,4,8,11-17H2,1-3H3,(H2,23,24,25);1H. The Bertz CT molecular complexity index is 534. The first-order valence-electron chi connectivity index (χ1n) is 10.4. The van der Waals surface area contributed by atoms with Crippen LogP contribution in [0.15, 0.2) is 35.3 Å². The molecule has 2 N–H and O–H groups in total. The second kappa shape index (κ2) is 15.0. The zero-order valence-corrected chi connectivity index (χ0v) is 20.0. The number of guanidine groups is 1. The molecule has 2 unspecified atom stereocenters. The number of benzene rings is 1. The third-order valence-corrected chi connectivity index (χ3v) is 4.96. The van der Waals surface area contributed by atoms with Gasteiger partial charge in [0.1, 0.15) is 0 Å². The zero-order chi connectivity index (χ0) is 19.3. The quantitative estimate of drug-likeness (QED) is 0.207. The molecule has 0 radical (unpaired) electrons. The minimum atomic E-state index is 0. The van der Waals surface area contributed by atoms with Gasteiger partial charge in [0.2, 0.25) is 0 Å². The second-order valence-corrected chi connectivity index (χ2v) is 7.57. The first-order chi connectivity index (χ1) is 13.2. The SMILES string of the molecule is CCNC(=NCC(c1ccccc1)C(C)C)NCCCOCC1CCOC1.I. The summed E-state index contributed by atoms with van der Waals surface area (Å²) in [5.74, 6) is 2.46. The minimum Gasteiger partial charge on any atom is -0.381 e. The first-order valence-corrected chi connectivity index (χ1v) is 10.4. The molecular formula is C22H38IN3O2. The Hall–Kier alpha value is -0.860. The zero-order valence-electron chi connectivity index (χ0n) is 17.7. The molecule has 0 bridgehead atoms. The highest BCUT2D eigenvalue weighted by molar-refractivity contribution is 14.0. The van der Waals surface area contributed by atoms with E-state index in [-0.39, 0.29) is 24.0 Å². The van der Waals surface area contributed by atoms with E-state index >= 15 is 0 Å². The molecular weight excluding hydrogens is 465 g/mol. The van der Waals surface area contributed by atoms with Crippen molar-refractivity contribution < 1.29 is 9.47 Å². The molecule has 2 rings (SSSR count). The van der Waals surface area contributed by atoms with Crippen LogP contribution in [0.1, 0.15) is 45.1 Å². The van der Waals surface area contributed by atoms with Gasteiger partial charge in [0.15, 0.2) is 5.96 Å². The third kappa shape index (κ3) is 9.56. The van der Waals surface area contributed by atoms with Gasteiger partial charge in [0.25, 0.3) is 0 Å². The smallest absolute Gasteiger partial charge is 0.191 e. The van der Waals surface area contributed by atoms with Crippen molar-refractivity contribution in [3.8, 4) is 0 Å². The molecule has 0 aliphatic carbocycles. The van der Waals surface area contributed by atoms with Crippen LogP contribution in [0.5, 0.6) is 0 Å². The number of nitrogens with one attached hydrogen (secondary N) is 2. The summed E-state index contributed by atoms with van der Waals surface area (Å²) in [7, 11) is 0. The minimum absolute atomic E-state index is 0. The lowest BCUT2D eigenvalue weighted by molar-refractivity contribution is 0.0888. The number of hydrogen-bond donors (Lipinski definition) is 2. The molecule has 0 amide bonds. The van der Waals surface area contributed by atoms with Crippen LogP contribution in [0.4, 0.5) is 0 Å². The predicted molar refractivity (Wildman–Crippen MR) is 128 cm³/mol. The molecule has 0 aromatic heterocycles. The van der Waals surface area contributed by atoms with Gasteiger partial charge >= 0.3 is 0 Å². The van der Waals surface area contributed by atoms with Gasteiger partial charge in [-0.2, -0.15) is 0 Å². The molecule has 2 atom stereocenters. The highest BCUT2D eigenvalue weighted by Crippen LogP contribution is 2.24. The Morgan fingerprint density at radius 3 is 2.68 bits per heavy atom. The monoisotopic (exact) mass is 503 g/mol. The number of aliphatic imine (C=N–C) groups is 1. The van der Waals surface area contributed by atoms with Crippen LogP contribution < -0.4 is 10.6 Å². The number of ether oxygens (including phenoxy) is 2. The molecule has 0 spiro atoms. The first kappa shape index (κ1) is 25.2. The van der Waals surface area contributed by atoms with Gasteiger partial charge in [-0.25, -0.2) is 0 Å². The van der Waals surface area contributed by atoms with Gasteiger partial charge in [-0.1, -0.05) is 44.2 Å². The van der Waals surface area contributed by atoms with E-state index in [1.54, 1.807) is 0 Å². The second-order valence-electron chi connectivity index (χ2n) is 7.57. The van der Waals surface area contributed by atoms with E-state index in [9.17, 15) is 0 Å². The molecule has 160 valence electrons. The Kier molecular flexibility index (Phi) is 13.5. The van der Waals surface area contributed by atoms with Gasteiger partial charge in [-0.3, -0.25) is 4.99 Å². The van der Waals surface area contributed by atoms with Crippen molar-refractivity contribution in [3.63, 3.8) is 0 Å². The largest absolute Gasteiger partial charge is 0.381 e. The Morgan fingerprint density at radius 2 is 2.04 bits per heavy atom. The molecule has 1 aromatic rings. The Morgan fingerprint density at radius 1 is 1.25 bits per heavy atom. The van der Waals surface area contributed by atoms with Crippen molar-refractivity contribution in [2.75, 3.05) is 46.1 Å². The number of rotatable bonds is 11. The average Bonchev–Trinajstić information content (AvgIpc) is 3.18. The lowest BCUT2D eigenvalue weighted by Crippen LogP contribution is -2.38. The van der Waals surface area contributed by atoms with Crippen LogP contribution in [0, 0.1) is 11.8 Å². The summed E-state index contributed by atoms with van der Waals surface area (Å²) in [6.45, 7) is 12.5. The average molecular weight is 503 g/mol. The van der Waals surface area contributed by atoms with Crippen molar-refractivity contribution in [2.24, 2.45) is 16.8 Å². The highest BCUT2D eigenvalue weighted by atomic mass is 127. The van der Waals surface area contributed by atoms with Crippen molar-refractivity contribution in [2.45, 2.75) is 39.5 Å². The fraction of sp³-hybridized carbons (Fsp3) is 0.682. The van der Waals surface area contributed by atoms with Crippen LogP contribution in [0.3, 0.4) is 0 Å². The van der Waals surface area contributed by atoms with Crippen LogP contribution in [-0.4, -0.2) is 52.0 Å². The van der Waals surface area contributed by atoms with Gasteiger partial charge in [0.05, 0.1) is 13.2 Å². The summed E-state index contributed by atoms with van der Waals surface area (Å²) in [4.78, 5) is 4.83. The number of nitrogens with zero attached hydrogens (tertiary/aromatic N) is 1. The summed E-state index contributed by atoms with van der Waals surface area (Å²) in [5.41, 5.74) is 1.36. The fourth-order valence-corrected chi connectivity index (χ4v) is 3.28. The molecule has 1 heterocycles. The topological polar surface area (TPSA) is 54.9 Å². The summed E-state index contributed by atoms with van der Waals surface area (Å²) >= 11 is 0. The maximum absolute atomic E-state index is 5.77. The van der Waals surface area contributed by atoms with E-state index in [0.717, 1.165) is 64.9 Å². The molecule has 1 aromatic carbocycles. The van der Waals surface area contributed by atoms with Crippen molar-refractivity contribution in [1.29, 1.82) is 0 Å². The molecule has 5 nitrogen and oxygen atoms in total. The molecule has 1 aliphatic rings. The van der Waals surface area contributed by atoms with E-state index in [2.05, 4.69) is 61.7 Å². The summed E-state index contributed by atoms with van der Waals surface area (Å²) < 4.78 is 11.1. The highest BCUT2D eigenvalue weighted by Gasteiger charge is 2.16. The maximum atomic E-state index is 5.77. The van der Waals surface area contributed by atoms with E-state index in [4.69, 9.17) is 14.5 Å². The summed E-state index contributed by atoms with van der Waals surface area (Å²) in [5, 5.41) is 6.77. The molecule has 1 aliphatic heterocycles. The summed E-state index contributed by atoms with van der Waals surface area (Å²) in [6.07, 6.45) is 2.11. The van der Waals surface area contributed by atoms with Crippen molar-refractivity contribution in [3.05, 3.63) is 35.9 Å². The lowest BCUT2D eigenvalue weighted by atomic mass is 9.88. The Labute approximate surface area is 188 Å². The maximum Gasteiger partial charge on any atom is 0.191 e. The summed E-state index contributed by atoms with van der Waals surface area (Å²) in [6, 6.07) is 10.7. The van der Waals surface area contributed by atoms with E-state index in [1.807, 2.05) is 0 Å². The molecule has 28 heavy (non-hydrogen) atoms. The lowest BCUT2D eigenvalue weighted by Gasteiger charge is -2.20. The molecule has 6 heteroatoms. The van der Waals surface area contributed by atoms with Gasteiger partial charge < -0.3 is 20.1 Å². The molecule has 1 fully saturated rings. The van der Waals surface area contributed by atoms with Crippen LogP contribution in [0.25, 0.3) is 0 Å². The van der Waals surface area contributed by atoms with Gasteiger partial charge in [-0.05, 0) is 31.2 Å². The van der Waals surface area contributed by atoms with Crippen LogP contribution in [-0.2, 0) is 9.47 Å². The molecule has 1 saturated heterocycles. The normalized spacial score (nSPS) is 18.0. The van der Waals surface area contributed by atoms with Crippen molar-refractivity contribution >= 4 is 29.9 Å². The van der Waals surface area contributed by atoms with Gasteiger partial charge in [-0.15, -0.1) is 24.0 Å². The van der Waals surface area contributed by atoms with E-state index in [1.165, 1.54) is 5.56 Å². The predicted octanol–water partition coefficient (Wildman–Crippen LogP) is 4.04. The third-order valence-electron chi connectivity index (χ3n) is 4.96. The molecule has 0 saturated carbocycles.